The first-order chi connectivity index (χ1) is 8.96. The number of halogens is 1. The van der Waals surface area contributed by atoms with Crippen LogP contribution in [0, 0.1) is 12.7 Å². The highest BCUT2D eigenvalue weighted by molar-refractivity contribution is 7.89. The number of nitrogens with zero attached hydrogens (tertiary/aromatic N) is 2. The van der Waals surface area contributed by atoms with Crippen LogP contribution in [0.25, 0.3) is 0 Å². The van der Waals surface area contributed by atoms with Crippen molar-refractivity contribution in [1.29, 1.82) is 0 Å². The smallest absolute Gasteiger partial charge is 0.211 e. The quantitative estimate of drug-likeness (QED) is 0.625. The van der Waals surface area contributed by atoms with Crippen molar-refractivity contribution in [3.8, 4) is 0 Å². The summed E-state index contributed by atoms with van der Waals surface area (Å²) in [6.07, 6.45) is 1.74. The highest BCUT2D eigenvalue weighted by atomic mass is 32.2. The van der Waals surface area contributed by atoms with Crippen LogP contribution in [0.5, 0.6) is 0 Å². The Hall–Kier alpha value is -1.56. The summed E-state index contributed by atoms with van der Waals surface area (Å²) in [6, 6.07) is 3.61. The molecule has 1 unspecified atom stereocenters. The molecule has 7 heteroatoms. The van der Waals surface area contributed by atoms with Crippen molar-refractivity contribution in [2.75, 3.05) is 6.54 Å². The van der Waals surface area contributed by atoms with Gasteiger partial charge in [0.25, 0.3) is 0 Å². The molecule has 1 aliphatic heterocycles. The lowest BCUT2D eigenvalue weighted by atomic mass is 10.2. The second kappa shape index (κ2) is 5.21. The summed E-state index contributed by atoms with van der Waals surface area (Å²) in [4.78, 5) is 13.7. The predicted octanol–water partition coefficient (Wildman–Crippen LogP) is 1.58. The topological polar surface area (TPSA) is 66.8 Å². The van der Waals surface area contributed by atoms with E-state index >= 15 is 0 Å². The van der Waals surface area contributed by atoms with Gasteiger partial charge in [-0.05, 0) is 37.5 Å². The number of sulfonamides is 1. The Kier molecular flexibility index (Phi) is 3.80. The van der Waals surface area contributed by atoms with Crippen LogP contribution < -0.4 is 0 Å². The molecular formula is C12H13FN2O3S. The third kappa shape index (κ3) is 2.58. The van der Waals surface area contributed by atoms with E-state index in [0.717, 1.165) is 10.4 Å². The first-order valence-electron chi connectivity index (χ1n) is 5.82. The SMILES string of the molecule is Cc1ccc(F)cc1S(=O)(=O)N1CCCC1N=C=O. The average Bonchev–Trinajstić information content (AvgIpc) is 2.81. The first kappa shape index (κ1) is 13.9. The molecule has 1 saturated heterocycles. The predicted molar refractivity (Wildman–Crippen MR) is 66.2 cm³/mol. The fourth-order valence-electron chi connectivity index (χ4n) is 2.17. The maximum Gasteiger partial charge on any atom is 0.245 e. The molecule has 0 saturated carbocycles. The number of isocyanates is 1. The van der Waals surface area contributed by atoms with Gasteiger partial charge in [0.15, 0.2) is 0 Å². The van der Waals surface area contributed by atoms with Crippen LogP contribution >= 0.6 is 0 Å². The van der Waals surface area contributed by atoms with Gasteiger partial charge < -0.3 is 0 Å². The van der Waals surface area contributed by atoms with Gasteiger partial charge in [-0.15, -0.1) is 0 Å². The van der Waals surface area contributed by atoms with Crippen LogP contribution in [0.2, 0.25) is 0 Å². The van der Waals surface area contributed by atoms with Crippen molar-refractivity contribution < 1.29 is 17.6 Å². The van der Waals surface area contributed by atoms with Crippen molar-refractivity contribution in [1.82, 2.24) is 4.31 Å². The lowest BCUT2D eigenvalue weighted by Gasteiger charge is -2.21. The molecule has 1 fully saturated rings. The van der Waals surface area contributed by atoms with E-state index in [4.69, 9.17) is 0 Å². The molecule has 5 nitrogen and oxygen atoms in total. The number of carbonyl (C=O) groups excluding carboxylic acids is 1. The summed E-state index contributed by atoms with van der Waals surface area (Å²) in [6.45, 7) is 1.87. The molecule has 0 aliphatic carbocycles. The minimum atomic E-state index is -3.84. The standard InChI is InChI=1S/C12H13FN2O3S/c1-9-4-5-10(13)7-11(9)19(17,18)15-6-2-3-12(15)14-8-16/h4-5,7,12H,2-3,6H2,1H3. The normalized spacial score (nSPS) is 20.2. The number of rotatable bonds is 3. The molecule has 0 radical (unpaired) electrons. The fraction of sp³-hybridized carbons (Fsp3) is 0.417. The van der Waals surface area contributed by atoms with Crippen LogP contribution in [-0.4, -0.2) is 31.5 Å². The van der Waals surface area contributed by atoms with Gasteiger partial charge >= 0.3 is 0 Å². The van der Waals surface area contributed by atoms with Crippen LogP contribution in [-0.2, 0) is 14.8 Å². The van der Waals surface area contributed by atoms with Gasteiger partial charge in [-0.2, -0.15) is 9.30 Å². The zero-order valence-corrected chi connectivity index (χ0v) is 11.2. The largest absolute Gasteiger partial charge is 0.245 e. The monoisotopic (exact) mass is 284 g/mol. The second-order valence-electron chi connectivity index (χ2n) is 4.37. The number of hydrogen-bond acceptors (Lipinski definition) is 4. The summed E-state index contributed by atoms with van der Waals surface area (Å²) in [5, 5.41) is 0. The molecule has 1 heterocycles. The maximum atomic E-state index is 13.2. The van der Waals surface area contributed by atoms with Gasteiger partial charge in [0.2, 0.25) is 16.1 Å². The molecule has 102 valence electrons. The zero-order valence-electron chi connectivity index (χ0n) is 10.3. The van der Waals surface area contributed by atoms with Crippen molar-refractivity contribution in [2.24, 2.45) is 4.99 Å². The van der Waals surface area contributed by atoms with E-state index in [9.17, 15) is 17.6 Å². The van der Waals surface area contributed by atoms with Gasteiger partial charge in [-0.3, -0.25) is 0 Å². The zero-order chi connectivity index (χ0) is 14.0. The third-order valence-corrected chi connectivity index (χ3v) is 5.15. The number of benzene rings is 1. The molecule has 0 bridgehead atoms. The summed E-state index contributed by atoms with van der Waals surface area (Å²) in [7, 11) is -3.84. The summed E-state index contributed by atoms with van der Waals surface area (Å²) < 4.78 is 39.3. The van der Waals surface area contributed by atoms with Crippen molar-refractivity contribution in [3.05, 3.63) is 29.6 Å². The Bertz CT molecular complexity index is 638. The average molecular weight is 284 g/mol. The van der Waals surface area contributed by atoms with Crippen molar-refractivity contribution in [3.63, 3.8) is 0 Å². The van der Waals surface area contributed by atoms with Gasteiger partial charge in [0.1, 0.15) is 12.0 Å². The maximum absolute atomic E-state index is 13.2. The molecule has 1 aromatic rings. The molecule has 0 amide bonds. The van der Waals surface area contributed by atoms with E-state index in [1.165, 1.54) is 18.2 Å². The second-order valence-corrected chi connectivity index (χ2v) is 6.23. The van der Waals surface area contributed by atoms with E-state index in [0.29, 0.717) is 18.4 Å². The Morgan fingerprint density at radius 1 is 1.47 bits per heavy atom. The summed E-state index contributed by atoms with van der Waals surface area (Å²) >= 11 is 0. The summed E-state index contributed by atoms with van der Waals surface area (Å²) in [5.74, 6) is -0.612. The lowest BCUT2D eigenvalue weighted by molar-refractivity contribution is 0.395. The van der Waals surface area contributed by atoms with Gasteiger partial charge in [-0.1, -0.05) is 6.07 Å². The number of aryl methyl sites for hydroxylation is 1. The Morgan fingerprint density at radius 3 is 2.89 bits per heavy atom. The minimum absolute atomic E-state index is 0.0829. The fourth-order valence-corrected chi connectivity index (χ4v) is 4.00. The molecule has 2 rings (SSSR count). The van der Waals surface area contributed by atoms with E-state index in [1.807, 2.05) is 0 Å². The highest BCUT2D eigenvalue weighted by Gasteiger charge is 2.36. The van der Waals surface area contributed by atoms with E-state index < -0.39 is 22.0 Å². The Labute approximate surface area is 110 Å². The van der Waals surface area contributed by atoms with Crippen LogP contribution in [0.3, 0.4) is 0 Å². The Balaban J connectivity index is 2.47. The van der Waals surface area contributed by atoms with Crippen molar-refractivity contribution >= 4 is 16.1 Å². The van der Waals surface area contributed by atoms with Gasteiger partial charge in [0.05, 0.1) is 4.90 Å². The molecule has 0 spiro atoms. The number of aliphatic imine (C=N–C) groups is 1. The van der Waals surface area contributed by atoms with Gasteiger partial charge in [-0.25, -0.2) is 17.6 Å². The molecule has 0 N–H and O–H groups in total. The minimum Gasteiger partial charge on any atom is -0.211 e. The number of hydrogen-bond donors (Lipinski definition) is 0. The third-order valence-electron chi connectivity index (χ3n) is 3.11. The van der Waals surface area contributed by atoms with Gasteiger partial charge in [0, 0.05) is 6.54 Å². The van der Waals surface area contributed by atoms with E-state index in [1.54, 1.807) is 6.92 Å². The van der Waals surface area contributed by atoms with E-state index in [2.05, 4.69) is 4.99 Å². The highest BCUT2D eigenvalue weighted by Crippen LogP contribution is 2.28. The van der Waals surface area contributed by atoms with Crippen LogP contribution in [0.15, 0.2) is 28.1 Å². The molecule has 1 aromatic carbocycles. The summed E-state index contributed by atoms with van der Waals surface area (Å²) in [5.41, 5.74) is 0.460. The van der Waals surface area contributed by atoms with E-state index in [-0.39, 0.29) is 11.4 Å². The lowest BCUT2D eigenvalue weighted by Crippen LogP contribution is -2.34. The molecular weight excluding hydrogens is 271 g/mol. The molecule has 1 atom stereocenters. The first-order valence-corrected chi connectivity index (χ1v) is 7.26. The molecule has 0 aromatic heterocycles. The molecule has 19 heavy (non-hydrogen) atoms. The van der Waals surface area contributed by atoms with Crippen molar-refractivity contribution in [2.45, 2.75) is 30.8 Å². The van der Waals surface area contributed by atoms with Crippen LogP contribution in [0.1, 0.15) is 18.4 Å². The molecule has 1 aliphatic rings. The van der Waals surface area contributed by atoms with Crippen LogP contribution in [0.4, 0.5) is 4.39 Å². The Morgan fingerprint density at radius 2 is 2.21 bits per heavy atom.